The maximum absolute atomic E-state index is 12.4. The highest BCUT2D eigenvalue weighted by Crippen LogP contribution is 2.37. The molecule has 0 aliphatic rings. The lowest BCUT2D eigenvalue weighted by Gasteiger charge is -2.14. The topological polar surface area (TPSA) is 69.2 Å². The lowest BCUT2D eigenvalue weighted by atomic mass is 10.2. The molecule has 172 valence electrons. The molecule has 1 amide bonds. The predicted molar refractivity (Wildman–Crippen MR) is 133 cm³/mol. The van der Waals surface area contributed by atoms with Gasteiger partial charge in [-0.25, -0.2) is 5.43 Å². The van der Waals surface area contributed by atoms with Gasteiger partial charge in [0.25, 0.3) is 5.91 Å². The SMILES string of the molecule is CCCOc1ccc(C(=O)N/N=C/c2cc(Br)c(OCc3ccccc3)c(OCC)c2)cc1. The molecule has 0 atom stereocenters. The van der Waals surface area contributed by atoms with E-state index in [4.69, 9.17) is 14.2 Å². The van der Waals surface area contributed by atoms with Crippen LogP contribution in [-0.2, 0) is 6.61 Å². The zero-order chi connectivity index (χ0) is 23.5. The third-order valence-corrected chi connectivity index (χ3v) is 5.12. The average molecular weight is 511 g/mol. The number of amides is 1. The van der Waals surface area contributed by atoms with Crippen molar-refractivity contribution in [1.82, 2.24) is 5.43 Å². The van der Waals surface area contributed by atoms with E-state index in [9.17, 15) is 4.79 Å². The standard InChI is InChI=1S/C26H27BrN2O4/c1-3-14-32-22-12-10-21(11-13-22)26(30)29-28-17-20-15-23(27)25(24(16-20)31-4-2)33-18-19-8-6-5-7-9-19/h5-13,15-17H,3-4,14,18H2,1-2H3,(H,29,30)/b28-17+. The summed E-state index contributed by atoms with van der Waals surface area (Å²) in [4.78, 5) is 12.4. The van der Waals surface area contributed by atoms with Gasteiger partial charge in [-0.3, -0.25) is 4.79 Å². The van der Waals surface area contributed by atoms with Crippen LogP contribution in [-0.4, -0.2) is 25.3 Å². The summed E-state index contributed by atoms with van der Waals surface area (Å²) in [5.74, 6) is 1.64. The first-order valence-electron chi connectivity index (χ1n) is 10.8. The Morgan fingerprint density at radius 2 is 1.76 bits per heavy atom. The summed E-state index contributed by atoms with van der Waals surface area (Å²) in [6, 6.07) is 20.6. The summed E-state index contributed by atoms with van der Waals surface area (Å²) in [7, 11) is 0. The van der Waals surface area contributed by atoms with Crippen molar-refractivity contribution in [3.05, 3.63) is 87.9 Å². The number of ether oxygens (including phenoxy) is 3. The summed E-state index contributed by atoms with van der Waals surface area (Å²) in [5, 5.41) is 4.08. The van der Waals surface area contributed by atoms with Crippen molar-refractivity contribution in [3.8, 4) is 17.2 Å². The van der Waals surface area contributed by atoms with Gasteiger partial charge in [0.2, 0.25) is 0 Å². The molecule has 7 heteroatoms. The Bertz CT molecular complexity index is 1070. The van der Waals surface area contributed by atoms with Crippen molar-refractivity contribution in [3.63, 3.8) is 0 Å². The van der Waals surface area contributed by atoms with Crippen LogP contribution in [0.5, 0.6) is 17.2 Å². The van der Waals surface area contributed by atoms with E-state index >= 15 is 0 Å². The molecule has 33 heavy (non-hydrogen) atoms. The second kappa shape index (κ2) is 12.6. The van der Waals surface area contributed by atoms with Gasteiger partial charge in [0.15, 0.2) is 11.5 Å². The number of hydrogen-bond acceptors (Lipinski definition) is 5. The van der Waals surface area contributed by atoms with Gasteiger partial charge >= 0.3 is 0 Å². The van der Waals surface area contributed by atoms with Gasteiger partial charge in [-0.1, -0.05) is 37.3 Å². The molecule has 0 bridgehead atoms. The van der Waals surface area contributed by atoms with Gasteiger partial charge in [-0.15, -0.1) is 0 Å². The van der Waals surface area contributed by atoms with E-state index in [-0.39, 0.29) is 5.91 Å². The molecular formula is C26H27BrN2O4. The Kier molecular flexibility index (Phi) is 9.32. The van der Waals surface area contributed by atoms with Gasteiger partial charge in [-0.2, -0.15) is 5.10 Å². The zero-order valence-corrected chi connectivity index (χ0v) is 20.3. The van der Waals surface area contributed by atoms with E-state index < -0.39 is 0 Å². The Hall–Kier alpha value is -3.32. The third-order valence-electron chi connectivity index (χ3n) is 4.53. The molecule has 0 fully saturated rings. The summed E-state index contributed by atoms with van der Waals surface area (Å²) < 4.78 is 18.0. The van der Waals surface area contributed by atoms with Gasteiger partial charge < -0.3 is 14.2 Å². The second-order valence-electron chi connectivity index (χ2n) is 7.11. The highest BCUT2D eigenvalue weighted by atomic mass is 79.9. The molecule has 3 rings (SSSR count). The molecule has 0 radical (unpaired) electrons. The minimum Gasteiger partial charge on any atom is -0.494 e. The van der Waals surface area contributed by atoms with Gasteiger partial charge in [-0.05, 0) is 76.8 Å². The number of hydrogen-bond donors (Lipinski definition) is 1. The van der Waals surface area contributed by atoms with Crippen LogP contribution in [0.2, 0.25) is 0 Å². The second-order valence-corrected chi connectivity index (χ2v) is 7.96. The lowest BCUT2D eigenvalue weighted by Crippen LogP contribution is -2.17. The number of carbonyl (C=O) groups excluding carboxylic acids is 1. The van der Waals surface area contributed by atoms with Crippen molar-refractivity contribution >= 4 is 28.1 Å². The number of nitrogens with zero attached hydrogens (tertiary/aromatic N) is 1. The first kappa shape index (κ1) is 24.3. The fraction of sp³-hybridized carbons (Fsp3) is 0.231. The zero-order valence-electron chi connectivity index (χ0n) is 18.7. The molecule has 0 aliphatic carbocycles. The molecule has 0 saturated carbocycles. The van der Waals surface area contributed by atoms with E-state index in [1.165, 1.54) is 0 Å². The van der Waals surface area contributed by atoms with Crippen molar-refractivity contribution in [1.29, 1.82) is 0 Å². The highest BCUT2D eigenvalue weighted by Gasteiger charge is 2.12. The minimum absolute atomic E-state index is 0.305. The number of hydrazone groups is 1. The van der Waals surface area contributed by atoms with Gasteiger partial charge in [0.1, 0.15) is 12.4 Å². The van der Waals surface area contributed by atoms with Crippen LogP contribution in [0.3, 0.4) is 0 Å². The lowest BCUT2D eigenvalue weighted by molar-refractivity contribution is 0.0955. The summed E-state index contributed by atoms with van der Waals surface area (Å²) in [6.07, 6.45) is 2.49. The number of rotatable bonds is 11. The van der Waals surface area contributed by atoms with E-state index in [0.29, 0.717) is 36.9 Å². The fourth-order valence-corrected chi connectivity index (χ4v) is 3.52. The first-order valence-corrected chi connectivity index (χ1v) is 11.6. The van der Waals surface area contributed by atoms with E-state index in [2.05, 4.69) is 26.5 Å². The molecular weight excluding hydrogens is 484 g/mol. The smallest absolute Gasteiger partial charge is 0.271 e. The summed E-state index contributed by atoms with van der Waals surface area (Å²) in [6.45, 7) is 5.51. The highest BCUT2D eigenvalue weighted by molar-refractivity contribution is 9.10. The molecule has 0 spiro atoms. The molecule has 3 aromatic rings. The number of nitrogens with one attached hydrogen (secondary N) is 1. The van der Waals surface area contributed by atoms with Crippen molar-refractivity contribution < 1.29 is 19.0 Å². The summed E-state index contributed by atoms with van der Waals surface area (Å²) >= 11 is 3.56. The maximum Gasteiger partial charge on any atom is 0.271 e. The Morgan fingerprint density at radius 1 is 1.00 bits per heavy atom. The molecule has 0 unspecified atom stereocenters. The normalized spacial score (nSPS) is 10.8. The van der Waals surface area contributed by atoms with Crippen LogP contribution < -0.4 is 19.6 Å². The van der Waals surface area contributed by atoms with Crippen molar-refractivity contribution in [2.24, 2.45) is 5.10 Å². The molecule has 6 nitrogen and oxygen atoms in total. The van der Waals surface area contributed by atoms with Crippen LogP contribution in [0.25, 0.3) is 0 Å². The van der Waals surface area contributed by atoms with Crippen LogP contribution in [0.4, 0.5) is 0 Å². The van der Waals surface area contributed by atoms with Crippen LogP contribution in [0, 0.1) is 0 Å². The quantitative estimate of drug-likeness (QED) is 0.254. The largest absolute Gasteiger partial charge is 0.494 e. The molecule has 0 heterocycles. The molecule has 0 saturated heterocycles. The summed E-state index contributed by atoms with van der Waals surface area (Å²) in [5.41, 5.74) is 4.85. The number of halogens is 1. The number of carbonyl (C=O) groups is 1. The monoisotopic (exact) mass is 510 g/mol. The van der Waals surface area contributed by atoms with Crippen molar-refractivity contribution in [2.45, 2.75) is 26.9 Å². The van der Waals surface area contributed by atoms with E-state index in [1.807, 2.05) is 56.3 Å². The molecule has 3 aromatic carbocycles. The first-order chi connectivity index (χ1) is 16.1. The Balaban J connectivity index is 1.65. The third kappa shape index (κ3) is 7.36. The minimum atomic E-state index is -0.305. The van der Waals surface area contributed by atoms with Gasteiger partial charge in [0.05, 0.1) is 23.9 Å². The van der Waals surface area contributed by atoms with Gasteiger partial charge in [0, 0.05) is 5.56 Å². The van der Waals surface area contributed by atoms with Crippen LogP contribution >= 0.6 is 15.9 Å². The molecule has 0 aromatic heterocycles. The predicted octanol–water partition coefficient (Wildman–Crippen LogP) is 5.98. The number of benzene rings is 3. The van der Waals surface area contributed by atoms with Crippen LogP contribution in [0.1, 0.15) is 41.8 Å². The molecule has 0 aliphatic heterocycles. The maximum atomic E-state index is 12.4. The van der Waals surface area contributed by atoms with Crippen molar-refractivity contribution in [2.75, 3.05) is 13.2 Å². The fourth-order valence-electron chi connectivity index (χ4n) is 2.95. The van der Waals surface area contributed by atoms with E-state index in [0.717, 1.165) is 27.8 Å². The van der Waals surface area contributed by atoms with E-state index in [1.54, 1.807) is 30.5 Å². The molecule has 1 N–H and O–H groups in total. The Labute approximate surface area is 202 Å². The average Bonchev–Trinajstić information content (AvgIpc) is 2.83. The van der Waals surface area contributed by atoms with Crippen LogP contribution in [0.15, 0.2) is 76.3 Å². The Morgan fingerprint density at radius 3 is 2.45 bits per heavy atom.